The lowest BCUT2D eigenvalue weighted by Crippen LogP contribution is -2.30. The highest BCUT2D eigenvalue weighted by Crippen LogP contribution is 2.47. The highest BCUT2D eigenvalue weighted by molar-refractivity contribution is 5.76. The molecule has 0 spiro atoms. The molecule has 1 aliphatic carbocycles. The van der Waals surface area contributed by atoms with Crippen LogP contribution in [-0.2, 0) is 4.79 Å². The molecule has 1 aromatic rings. The Morgan fingerprint density at radius 2 is 2.05 bits per heavy atom. The number of carbonyl (C=O) groups excluding carboxylic acids is 1. The van der Waals surface area contributed by atoms with Gasteiger partial charge in [-0.3, -0.25) is 4.79 Å². The van der Waals surface area contributed by atoms with Gasteiger partial charge in [0.05, 0.1) is 13.0 Å². The van der Waals surface area contributed by atoms with Crippen LogP contribution in [0.15, 0.2) is 24.3 Å². The fraction of sp³-hybridized carbons (Fsp3) is 0.533. The summed E-state index contributed by atoms with van der Waals surface area (Å²) in [7, 11) is 0. The van der Waals surface area contributed by atoms with Gasteiger partial charge in [0.15, 0.2) is 0 Å². The van der Waals surface area contributed by atoms with E-state index in [0.29, 0.717) is 24.1 Å². The van der Waals surface area contributed by atoms with E-state index < -0.39 is 0 Å². The lowest BCUT2D eigenvalue weighted by Gasteiger charge is -2.13. The molecule has 2 rings (SSSR count). The van der Waals surface area contributed by atoms with Gasteiger partial charge in [0, 0.05) is 12.2 Å². The van der Waals surface area contributed by atoms with Gasteiger partial charge in [0.25, 0.3) is 0 Å². The SMILES string of the molecule is CCC1(CNC(=O)CCOc2ccc(N)cc2)CC1. The maximum absolute atomic E-state index is 11.7. The molecule has 1 aromatic carbocycles. The Bertz CT molecular complexity index is 424. The maximum atomic E-state index is 11.7. The Kier molecular flexibility index (Phi) is 4.30. The van der Waals surface area contributed by atoms with Crippen molar-refractivity contribution < 1.29 is 9.53 Å². The van der Waals surface area contributed by atoms with Crippen molar-refractivity contribution in [2.75, 3.05) is 18.9 Å². The number of benzene rings is 1. The van der Waals surface area contributed by atoms with Crippen molar-refractivity contribution in [3.8, 4) is 5.75 Å². The zero-order valence-corrected chi connectivity index (χ0v) is 11.4. The zero-order valence-electron chi connectivity index (χ0n) is 11.4. The monoisotopic (exact) mass is 262 g/mol. The standard InChI is InChI=1S/C15H22N2O2/c1-2-15(8-9-15)11-17-14(18)7-10-19-13-5-3-12(16)4-6-13/h3-6H,2,7-11,16H2,1H3,(H,17,18). The van der Waals surface area contributed by atoms with Gasteiger partial charge in [-0.1, -0.05) is 6.92 Å². The third-order valence-electron chi connectivity index (χ3n) is 3.85. The highest BCUT2D eigenvalue weighted by atomic mass is 16.5. The van der Waals surface area contributed by atoms with Gasteiger partial charge < -0.3 is 15.8 Å². The minimum Gasteiger partial charge on any atom is -0.493 e. The quantitative estimate of drug-likeness (QED) is 0.741. The summed E-state index contributed by atoms with van der Waals surface area (Å²) in [4.78, 5) is 11.7. The number of ether oxygens (including phenoxy) is 1. The third kappa shape index (κ3) is 4.16. The number of anilines is 1. The molecule has 4 nitrogen and oxygen atoms in total. The largest absolute Gasteiger partial charge is 0.493 e. The smallest absolute Gasteiger partial charge is 0.223 e. The summed E-state index contributed by atoms with van der Waals surface area (Å²) < 4.78 is 5.49. The van der Waals surface area contributed by atoms with Crippen molar-refractivity contribution >= 4 is 11.6 Å². The molecule has 1 amide bonds. The van der Waals surface area contributed by atoms with E-state index in [1.165, 1.54) is 12.8 Å². The minimum atomic E-state index is 0.0650. The average molecular weight is 262 g/mol. The number of amides is 1. The van der Waals surface area contributed by atoms with E-state index in [0.717, 1.165) is 18.7 Å². The molecule has 0 aromatic heterocycles. The molecule has 0 heterocycles. The maximum Gasteiger partial charge on any atom is 0.223 e. The molecule has 0 aliphatic heterocycles. The molecule has 1 aliphatic rings. The van der Waals surface area contributed by atoms with Crippen LogP contribution in [0.25, 0.3) is 0 Å². The number of nitrogens with two attached hydrogens (primary N) is 1. The number of hydrogen-bond donors (Lipinski definition) is 2. The minimum absolute atomic E-state index is 0.0650. The molecule has 4 heteroatoms. The van der Waals surface area contributed by atoms with Crippen molar-refractivity contribution in [1.29, 1.82) is 0 Å². The van der Waals surface area contributed by atoms with E-state index in [1.807, 2.05) is 12.1 Å². The summed E-state index contributed by atoms with van der Waals surface area (Å²) >= 11 is 0. The topological polar surface area (TPSA) is 64.3 Å². The van der Waals surface area contributed by atoms with E-state index in [-0.39, 0.29) is 5.91 Å². The van der Waals surface area contributed by atoms with Crippen LogP contribution in [0, 0.1) is 5.41 Å². The van der Waals surface area contributed by atoms with Crippen LogP contribution in [0.5, 0.6) is 5.75 Å². The van der Waals surface area contributed by atoms with Crippen molar-refractivity contribution in [2.24, 2.45) is 5.41 Å². The van der Waals surface area contributed by atoms with Crippen molar-refractivity contribution in [3.05, 3.63) is 24.3 Å². The van der Waals surface area contributed by atoms with E-state index in [4.69, 9.17) is 10.5 Å². The first-order chi connectivity index (χ1) is 9.13. The molecule has 19 heavy (non-hydrogen) atoms. The van der Waals surface area contributed by atoms with Crippen LogP contribution < -0.4 is 15.8 Å². The van der Waals surface area contributed by atoms with E-state index in [1.54, 1.807) is 12.1 Å². The molecule has 3 N–H and O–H groups in total. The first-order valence-electron chi connectivity index (χ1n) is 6.89. The Morgan fingerprint density at radius 3 is 2.63 bits per heavy atom. The average Bonchev–Trinajstić information content (AvgIpc) is 3.19. The lowest BCUT2D eigenvalue weighted by atomic mass is 10.0. The molecule has 0 unspecified atom stereocenters. The second-order valence-electron chi connectivity index (χ2n) is 5.30. The molecule has 1 fully saturated rings. The number of nitrogens with one attached hydrogen (secondary N) is 1. The van der Waals surface area contributed by atoms with Crippen LogP contribution >= 0.6 is 0 Å². The van der Waals surface area contributed by atoms with Gasteiger partial charge in [0.1, 0.15) is 5.75 Å². The molecule has 1 saturated carbocycles. The summed E-state index contributed by atoms with van der Waals surface area (Å²) in [6.07, 6.45) is 4.02. The Labute approximate surface area is 114 Å². The van der Waals surface area contributed by atoms with Crippen molar-refractivity contribution in [2.45, 2.75) is 32.6 Å². The summed E-state index contributed by atoms with van der Waals surface area (Å²) in [5.41, 5.74) is 6.69. The van der Waals surface area contributed by atoms with Gasteiger partial charge in [-0.05, 0) is 48.9 Å². The molecule has 0 atom stereocenters. The predicted octanol–water partition coefficient (Wildman–Crippen LogP) is 2.34. The third-order valence-corrected chi connectivity index (χ3v) is 3.85. The van der Waals surface area contributed by atoms with Crippen LogP contribution in [0.4, 0.5) is 5.69 Å². The number of nitrogen functional groups attached to an aromatic ring is 1. The summed E-state index contributed by atoms with van der Waals surface area (Å²) in [5, 5.41) is 2.99. The van der Waals surface area contributed by atoms with Crippen LogP contribution in [0.1, 0.15) is 32.6 Å². The van der Waals surface area contributed by atoms with Crippen molar-refractivity contribution in [3.63, 3.8) is 0 Å². The molecular weight excluding hydrogens is 240 g/mol. The fourth-order valence-electron chi connectivity index (χ4n) is 2.03. The van der Waals surface area contributed by atoms with Crippen LogP contribution in [0.2, 0.25) is 0 Å². The second-order valence-corrected chi connectivity index (χ2v) is 5.30. The number of carbonyl (C=O) groups is 1. The molecule has 0 bridgehead atoms. The highest BCUT2D eigenvalue weighted by Gasteiger charge is 2.40. The van der Waals surface area contributed by atoms with Crippen molar-refractivity contribution in [1.82, 2.24) is 5.32 Å². The Balaban J connectivity index is 1.62. The van der Waals surface area contributed by atoms with Gasteiger partial charge >= 0.3 is 0 Å². The molecule has 0 saturated heterocycles. The number of rotatable bonds is 7. The number of hydrogen-bond acceptors (Lipinski definition) is 3. The van der Waals surface area contributed by atoms with E-state index in [2.05, 4.69) is 12.2 Å². The van der Waals surface area contributed by atoms with Gasteiger partial charge in [0.2, 0.25) is 5.91 Å². The normalized spacial score (nSPS) is 15.8. The van der Waals surface area contributed by atoms with Gasteiger partial charge in [-0.2, -0.15) is 0 Å². The zero-order chi connectivity index (χ0) is 13.7. The first-order valence-corrected chi connectivity index (χ1v) is 6.89. The second kappa shape index (κ2) is 5.95. The molecular formula is C15H22N2O2. The summed E-state index contributed by atoms with van der Waals surface area (Å²) in [6, 6.07) is 7.19. The lowest BCUT2D eigenvalue weighted by molar-refractivity contribution is -0.121. The summed E-state index contributed by atoms with van der Waals surface area (Å²) in [6.45, 7) is 3.39. The van der Waals surface area contributed by atoms with E-state index >= 15 is 0 Å². The van der Waals surface area contributed by atoms with Crippen LogP contribution in [-0.4, -0.2) is 19.1 Å². The van der Waals surface area contributed by atoms with Crippen LogP contribution in [0.3, 0.4) is 0 Å². The van der Waals surface area contributed by atoms with Gasteiger partial charge in [-0.15, -0.1) is 0 Å². The Hall–Kier alpha value is -1.71. The summed E-state index contributed by atoms with van der Waals surface area (Å²) in [5.74, 6) is 0.810. The first kappa shape index (κ1) is 13.7. The van der Waals surface area contributed by atoms with E-state index in [9.17, 15) is 4.79 Å². The Morgan fingerprint density at radius 1 is 1.37 bits per heavy atom. The van der Waals surface area contributed by atoms with Gasteiger partial charge in [-0.25, -0.2) is 0 Å². The molecule has 104 valence electrons. The predicted molar refractivity (Wildman–Crippen MR) is 75.9 cm³/mol. The molecule has 0 radical (unpaired) electrons. The fourth-order valence-corrected chi connectivity index (χ4v) is 2.03.